The molecule has 7 heteroatoms. The van der Waals surface area contributed by atoms with E-state index in [0.717, 1.165) is 44.7 Å². The van der Waals surface area contributed by atoms with Gasteiger partial charge in [-0.25, -0.2) is 13.4 Å². The highest BCUT2D eigenvalue weighted by Crippen LogP contribution is 2.27. The molecule has 0 spiro atoms. The van der Waals surface area contributed by atoms with Gasteiger partial charge < -0.3 is 9.80 Å². The van der Waals surface area contributed by atoms with Crippen molar-refractivity contribution in [2.45, 2.75) is 62.6 Å². The third kappa shape index (κ3) is 4.28. The Morgan fingerprint density at radius 1 is 1.04 bits per heavy atom. The van der Waals surface area contributed by atoms with E-state index < -0.39 is 14.6 Å². The average molecular weight is 394 g/mol. The molecular formula is C20H31N3O3S. The van der Waals surface area contributed by atoms with Crippen molar-refractivity contribution in [1.29, 1.82) is 0 Å². The molecule has 0 radical (unpaired) electrons. The van der Waals surface area contributed by atoms with Gasteiger partial charge in [0.05, 0.1) is 16.6 Å². The molecule has 3 rings (SSSR count). The van der Waals surface area contributed by atoms with Crippen LogP contribution in [0.4, 0.5) is 5.69 Å². The Bertz CT molecular complexity index is 755. The van der Waals surface area contributed by atoms with Crippen molar-refractivity contribution in [3.63, 3.8) is 0 Å². The lowest BCUT2D eigenvalue weighted by Crippen LogP contribution is -2.50. The topological polar surface area (TPSA) is 70.6 Å². The molecule has 2 heterocycles. The van der Waals surface area contributed by atoms with Crippen molar-refractivity contribution >= 4 is 21.4 Å². The number of pyridine rings is 1. The van der Waals surface area contributed by atoms with Crippen LogP contribution >= 0.6 is 0 Å². The number of amides is 1. The SMILES string of the molecule is CC(C)(C)S(=O)(=O)c1ccc(N2CCN(C(=O)C3CCCCC3)CC2)cn1. The number of nitrogens with zero attached hydrogens (tertiary/aromatic N) is 3. The fourth-order valence-electron chi connectivity index (χ4n) is 3.82. The molecule has 0 unspecified atom stereocenters. The summed E-state index contributed by atoms with van der Waals surface area (Å²) in [4.78, 5) is 21.1. The van der Waals surface area contributed by atoms with Gasteiger partial charge in [-0.2, -0.15) is 0 Å². The highest BCUT2D eigenvalue weighted by Gasteiger charge is 2.32. The Morgan fingerprint density at radius 3 is 2.19 bits per heavy atom. The molecule has 0 bridgehead atoms. The van der Waals surface area contributed by atoms with Gasteiger partial charge in [-0.3, -0.25) is 4.79 Å². The molecule has 0 atom stereocenters. The summed E-state index contributed by atoms with van der Waals surface area (Å²) in [5.74, 6) is 0.535. The maximum absolute atomic E-state index is 12.7. The predicted molar refractivity (Wildman–Crippen MR) is 107 cm³/mol. The Hall–Kier alpha value is -1.63. The second kappa shape index (κ2) is 7.78. The second-order valence-corrected chi connectivity index (χ2v) is 11.3. The van der Waals surface area contributed by atoms with E-state index in [1.165, 1.54) is 19.3 Å². The monoisotopic (exact) mass is 393 g/mol. The Balaban J connectivity index is 1.60. The Kier molecular flexibility index (Phi) is 5.79. The first kappa shape index (κ1) is 20.1. The molecule has 6 nitrogen and oxygen atoms in total. The lowest BCUT2D eigenvalue weighted by atomic mass is 9.88. The van der Waals surface area contributed by atoms with E-state index in [0.29, 0.717) is 5.91 Å². The molecule has 1 aromatic heterocycles. The highest BCUT2D eigenvalue weighted by atomic mass is 32.2. The van der Waals surface area contributed by atoms with Gasteiger partial charge in [0.2, 0.25) is 5.91 Å². The number of aromatic nitrogens is 1. The molecule has 150 valence electrons. The third-order valence-electron chi connectivity index (χ3n) is 5.71. The molecule has 0 aromatic carbocycles. The van der Waals surface area contributed by atoms with Crippen LogP contribution in [0.5, 0.6) is 0 Å². The van der Waals surface area contributed by atoms with Gasteiger partial charge in [0, 0.05) is 32.1 Å². The summed E-state index contributed by atoms with van der Waals surface area (Å²) >= 11 is 0. The van der Waals surface area contributed by atoms with E-state index in [4.69, 9.17) is 0 Å². The lowest BCUT2D eigenvalue weighted by molar-refractivity contribution is -0.136. The molecule has 27 heavy (non-hydrogen) atoms. The van der Waals surface area contributed by atoms with Crippen LogP contribution in [-0.2, 0) is 14.6 Å². The lowest BCUT2D eigenvalue weighted by Gasteiger charge is -2.38. The summed E-state index contributed by atoms with van der Waals surface area (Å²) in [6.07, 6.45) is 7.31. The van der Waals surface area contributed by atoms with Crippen molar-refractivity contribution < 1.29 is 13.2 Å². The van der Waals surface area contributed by atoms with Crippen molar-refractivity contribution in [2.75, 3.05) is 31.1 Å². The summed E-state index contributed by atoms with van der Waals surface area (Å²) in [5, 5.41) is 0.116. The summed E-state index contributed by atoms with van der Waals surface area (Å²) < 4.78 is 24.1. The van der Waals surface area contributed by atoms with E-state index in [2.05, 4.69) is 9.88 Å². The van der Waals surface area contributed by atoms with E-state index in [1.54, 1.807) is 33.0 Å². The molecule has 2 fully saturated rings. The number of sulfone groups is 1. The second-order valence-electron chi connectivity index (χ2n) is 8.62. The van der Waals surface area contributed by atoms with Crippen LogP contribution in [0, 0.1) is 5.92 Å². The number of hydrogen-bond acceptors (Lipinski definition) is 5. The van der Waals surface area contributed by atoms with Crippen LogP contribution in [0.2, 0.25) is 0 Å². The Labute approximate surface area is 162 Å². The van der Waals surface area contributed by atoms with E-state index in [9.17, 15) is 13.2 Å². The minimum atomic E-state index is -3.44. The van der Waals surface area contributed by atoms with E-state index in [-0.39, 0.29) is 10.9 Å². The van der Waals surface area contributed by atoms with Crippen LogP contribution in [0.25, 0.3) is 0 Å². The smallest absolute Gasteiger partial charge is 0.225 e. The number of rotatable bonds is 3. The van der Waals surface area contributed by atoms with Crippen LogP contribution < -0.4 is 4.90 Å². The summed E-state index contributed by atoms with van der Waals surface area (Å²) in [5.41, 5.74) is 0.910. The number of piperazine rings is 1. The van der Waals surface area contributed by atoms with Gasteiger partial charge in [-0.15, -0.1) is 0 Å². The van der Waals surface area contributed by atoms with Crippen LogP contribution in [-0.4, -0.2) is 55.1 Å². The zero-order valence-electron chi connectivity index (χ0n) is 16.6. The Morgan fingerprint density at radius 2 is 1.67 bits per heavy atom. The maximum atomic E-state index is 12.7. The number of carbonyl (C=O) groups excluding carboxylic acids is 1. The van der Waals surface area contributed by atoms with Crippen LogP contribution in [0.15, 0.2) is 23.4 Å². The summed E-state index contributed by atoms with van der Waals surface area (Å²) in [6.45, 7) is 7.99. The zero-order valence-corrected chi connectivity index (χ0v) is 17.5. The molecule has 2 aliphatic rings. The first-order chi connectivity index (χ1) is 12.7. The maximum Gasteiger partial charge on any atom is 0.225 e. The normalized spacial score (nSPS) is 20.0. The van der Waals surface area contributed by atoms with Gasteiger partial charge in [0.1, 0.15) is 0 Å². The van der Waals surface area contributed by atoms with E-state index >= 15 is 0 Å². The largest absolute Gasteiger partial charge is 0.367 e. The van der Waals surface area contributed by atoms with Crippen molar-refractivity contribution in [3.05, 3.63) is 18.3 Å². The van der Waals surface area contributed by atoms with Gasteiger partial charge in [-0.05, 0) is 45.7 Å². The standard InChI is InChI=1S/C20H31N3O3S/c1-20(2,3)27(25,26)18-10-9-17(15-21-18)22-11-13-23(14-12-22)19(24)16-7-5-4-6-8-16/h9-10,15-16H,4-8,11-14H2,1-3H3. The first-order valence-electron chi connectivity index (χ1n) is 9.94. The molecule has 1 saturated heterocycles. The molecule has 1 aromatic rings. The number of hydrogen-bond donors (Lipinski definition) is 0. The average Bonchev–Trinajstić information content (AvgIpc) is 2.67. The summed E-state index contributed by atoms with van der Waals surface area (Å²) in [7, 11) is -3.44. The van der Waals surface area contributed by atoms with Crippen molar-refractivity contribution in [3.8, 4) is 0 Å². The molecule has 1 aliphatic heterocycles. The number of anilines is 1. The first-order valence-corrected chi connectivity index (χ1v) is 11.4. The molecule has 1 aliphatic carbocycles. The highest BCUT2D eigenvalue weighted by molar-refractivity contribution is 7.92. The van der Waals surface area contributed by atoms with E-state index in [1.807, 2.05) is 11.0 Å². The molecule has 1 saturated carbocycles. The molecule has 1 amide bonds. The quantitative estimate of drug-likeness (QED) is 0.790. The van der Waals surface area contributed by atoms with Crippen LogP contribution in [0.1, 0.15) is 52.9 Å². The van der Waals surface area contributed by atoms with Crippen molar-refractivity contribution in [1.82, 2.24) is 9.88 Å². The molecule has 0 N–H and O–H groups in total. The van der Waals surface area contributed by atoms with Gasteiger partial charge in [0.25, 0.3) is 0 Å². The fraction of sp³-hybridized carbons (Fsp3) is 0.700. The minimum Gasteiger partial charge on any atom is -0.367 e. The fourth-order valence-corrected chi connectivity index (χ4v) is 4.89. The van der Waals surface area contributed by atoms with Gasteiger partial charge >= 0.3 is 0 Å². The van der Waals surface area contributed by atoms with Crippen LogP contribution in [0.3, 0.4) is 0 Å². The predicted octanol–water partition coefficient (Wildman–Crippen LogP) is 2.88. The minimum absolute atomic E-state index is 0.116. The number of carbonyl (C=O) groups is 1. The zero-order chi connectivity index (χ0) is 19.7. The summed E-state index contributed by atoms with van der Waals surface area (Å²) in [6, 6.07) is 3.42. The third-order valence-corrected chi connectivity index (χ3v) is 8.12. The van der Waals surface area contributed by atoms with Crippen molar-refractivity contribution in [2.24, 2.45) is 5.92 Å². The molecular weight excluding hydrogens is 362 g/mol. The van der Waals surface area contributed by atoms with Gasteiger partial charge in [0.15, 0.2) is 14.9 Å². The van der Waals surface area contributed by atoms with Gasteiger partial charge in [-0.1, -0.05) is 19.3 Å².